The van der Waals surface area contributed by atoms with E-state index in [2.05, 4.69) is 0 Å². The van der Waals surface area contributed by atoms with Gasteiger partial charge in [-0.05, 0) is 25.8 Å². The number of nitriles is 1. The lowest BCUT2D eigenvalue weighted by Gasteiger charge is -2.03. The summed E-state index contributed by atoms with van der Waals surface area (Å²) in [6.07, 6.45) is 1.69. The van der Waals surface area contributed by atoms with Gasteiger partial charge in [0.1, 0.15) is 11.6 Å². The first kappa shape index (κ1) is 11.7. The summed E-state index contributed by atoms with van der Waals surface area (Å²) in [4.78, 5) is 11.2. The number of rotatable bonds is 4. The lowest BCUT2D eigenvalue weighted by molar-refractivity contribution is -0.138. The predicted molar refractivity (Wildman–Crippen MR) is 49.9 cm³/mol. The Morgan fingerprint density at radius 2 is 2.08 bits per heavy atom. The van der Waals surface area contributed by atoms with Gasteiger partial charge in [0.25, 0.3) is 0 Å². The van der Waals surface area contributed by atoms with Crippen LogP contribution in [-0.2, 0) is 9.53 Å². The summed E-state index contributed by atoms with van der Waals surface area (Å²) in [5, 5.41) is 8.71. The van der Waals surface area contributed by atoms with Crippen molar-refractivity contribution in [2.45, 2.75) is 33.6 Å². The topological polar surface area (TPSA) is 50.1 Å². The number of nitrogens with zero attached hydrogens (tertiary/aromatic N) is 1. The Hall–Kier alpha value is -1.30. The molecule has 13 heavy (non-hydrogen) atoms. The molecule has 0 bridgehead atoms. The van der Waals surface area contributed by atoms with Gasteiger partial charge in [0.15, 0.2) is 0 Å². The number of ether oxygens (including phenoxy) is 1. The molecular formula is C10H15NO2. The van der Waals surface area contributed by atoms with E-state index in [1.54, 1.807) is 13.8 Å². The van der Waals surface area contributed by atoms with Crippen molar-refractivity contribution < 1.29 is 9.53 Å². The van der Waals surface area contributed by atoms with Crippen molar-refractivity contribution in [3.63, 3.8) is 0 Å². The maximum Gasteiger partial charge on any atom is 0.348 e. The Bertz CT molecular complexity index is 248. The van der Waals surface area contributed by atoms with Gasteiger partial charge < -0.3 is 4.74 Å². The Labute approximate surface area is 79.0 Å². The Balaban J connectivity index is 4.59. The molecule has 0 rings (SSSR count). The fourth-order valence-corrected chi connectivity index (χ4v) is 1.02. The third-order valence-electron chi connectivity index (χ3n) is 1.64. The first-order chi connectivity index (χ1) is 6.17. The first-order valence-electron chi connectivity index (χ1n) is 4.44. The van der Waals surface area contributed by atoms with Crippen LogP contribution in [0.5, 0.6) is 0 Å². The highest BCUT2D eigenvalue weighted by molar-refractivity contribution is 5.93. The van der Waals surface area contributed by atoms with Crippen molar-refractivity contribution in [2.24, 2.45) is 0 Å². The van der Waals surface area contributed by atoms with Gasteiger partial charge in [0.05, 0.1) is 6.61 Å². The molecule has 72 valence electrons. The molecule has 0 heterocycles. The van der Waals surface area contributed by atoms with E-state index in [0.29, 0.717) is 6.61 Å². The Kier molecular flexibility index (Phi) is 5.62. The maximum absolute atomic E-state index is 11.2. The van der Waals surface area contributed by atoms with E-state index in [4.69, 9.17) is 10.00 Å². The number of allylic oxidation sites excluding steroid dienone is 1. The lowest BCUT2D eigenvalue weighted by atomic mass is 10.1. The molecule has 0 atom stereocenters. The van der Waals surface area contributed by atoms with Crippen LogP contribution in [-0.4, -0.2) is 12.6 Å². The molecule has 0 aliphatic rings. The summed E-state index contributed by atoms with van der Waals surface area (Å²) < 4.78 is 4.74. The Morgan fingerprint density at radius 3 is 2.46 bits per heavy atom. The summed E-state index contributed by atoms with van der Waals surface area (Å²) in [6, 6.07) is 1.88. The molecule has 3 heteroatoms. The van der Waals surface area contributed by atoms with Crippen LogP contribution in [0, 0.1) is 11.3 Å². The van der Waals surface area contributed by atoms with Crippen LogP contribution >= 0.6 is 0 Å². The van der Waals surface area contributed by atoms with Crippen LogP contribution in [0.25, 0.3) is 0 Å². The van der Waals surface area contributed by atoms with Gasteiger partial charge in [-0.15, -0.1) is 0 Å². The minimum absolute atomic E-state index is 0.156. The van der Waals surface area contributed by atoms with E-state index in [-0.39, 0.29) is 5.57 Å². The van der Waals surface area contributed by atoms with Gasteiger partial charge in [-0.25, -0.2) is 4.79 Å². The van der Waals surface area contributed by atoms with E-state index in [1.165, 1.54) is 0 Å². The normalized spacial score (nSPS) is 11.5. The summed E-state index contributed by atoms with van der Waals surface area (Å²) >= 11 is 0. The highest BCUT2D eigenvalue weighted by Gasteiger charge is 2.12. The van der Waals surface area contributed by atoms with Crippen molar-refractivity contribution in [2.75, 3.05) is 6.61 Å². The fourth-order valence-electron chi connectivity index (χ4n) is 1.02. The summed E-state index contributed by atoms with van der Waals surface area (Å²) in [5.74, 6) is -0.504. The average molecular weight is 181 g/mol. The average Bonchev–Trinajstić information content (AvgIpc) is 2.06. The predicted octanol–water partition coefficient (Wildman–Crippen LogP) is 2.19. The van der Waals surface area contributed by atoms with E-state index in [9.17, 15) is 4.79 Å². The van der Waals surface area contributed by atoms with E-state index >= 15 is 0 Å². The molecule has 0 aliphatic heterocycles. The molecule has 0 saturated carbocycles. The summed E-state index contributed by atoms with van der Waals surface area (Å²) in [5.41, 5.74) is 0.965. The van der Waals surface area contributed by atoms with Crippen LogP contribution in [0.3, 0.4) is 0 Å². The van der Waals surface area contributed by atoms with Crippen molar-refractivity contribution >= 4 is 5.97 Å². The highest BCUT2D eigenvalue weighted by Crippen LogP contribution is 2.11. The largest absolute Gasteiger partial charge is 0.462 e. The second-order valence-corrected chi connectivity index (χ2v) is 2.74. The molecule has 0 radical (unpaired) electrons. The fraction of sp³-hybridized carbons (Fsp3) is 0.600. The molecule has 0 aromatic carbocycles. The quantitative estimate of drug-likeness (QED) is 0.379. The Morgan fingerprint density at radius 1 is 1.46 bits per heavy atom. The molecule has 0 spiro atoms. The van der Waals surface area contributed by atoms with Crippen LogP contribution in [0.2, 0.25) is 0 Å². The SMILES string of the molecule is CCC/C(C)=C(\C#N)C(=O)OCC. The zero-order valence-corrected chi connectivity index (χ0v) is 8.39. The van der Waals surface area contributed by atoms with Crippen molar-refractivity contribution in [1.29, 1.82) is 5.26 Å². The monoisotopic (exact) mass is 181 g/mol. The molecule has 0 aliphatic carbocycles. The van der Waals surface area contributed by atoms with Crippen molar-refractivity contribution in [3.05, 3.63) is 11.1 Å². The number of carbonyl (C=O) groups excluding carboxylic acids is 1. The van der Waals surface area contributed by atoms with Gasteiger partial charge in [-0.3, -0.25) is 0 Å². The second kappa shape index (κ2) is 6.24. The lowest BCUT2D eigenvalue weighted by Crippen LogP contribution is -2.08. The third kappa shape index (κ3) is 3.75. The van der Waals surface area contributed by atoms with Crippen LogP contribution in [0.4, 0.5) is 0 Å². The molecule has 0 amide bonds. The molecule has 0 fully saturated rings. The van der Waals surface area contributed by atoms with Gasteiger partial charge in [-0.1, -0.05) is 13.3 Å². The summed E-state index contributed by atoms with van der Waals surface area (Å²) in [6.45, 7) is 5.83. The van der Waals surface area contributed by atoms with Crippen LogP contribution < -0.4 is 0 Å². The molecule has 0 N–H and O–H groups in total. The van der Waals surface area contributed by atoms with Crippen LogP contribution in [0.1, 0.15) is 33.6 Å². The molecule has 3 nitrogen and oxygen atoms in total. The smallest absolute Gasteiger partial charge is 0.348 e. The third-order valence-corrected chi connectivity index (χ3v) is 1.64. The first-order valence-corrected chi connectivity index (χ1v) is 4.44. The number of hydrogen-bond donors (Lipinski definition) is 0. The number of esters is 1. The van der Waals surface area contributed by atoms with Crippen molar-refractivity contribution in [1.82, 2.24) is 0 Å². The maximum atomic E-state index is 11.2. The molecule has 0 aromatic heterocycles. The van der Waals surface area contributed by atoms with Crippen LogP contribution in [0.15, 0.2) is 11.1 Å². The van der Waals surface area contributed by atoms with Gasteiger partial charge in [0, 0.05) is 0 Å². The standard InChI is InChI=1S/C10H15NO2/c1-4-6-8(3)9(7-11)10(12)13-5-2/h4-6H2,1-3H3/b9-8+. The van der Waals surface area contributed by atoms with E-state index in [0.717, 1.165) is 18.4 Å². The number of hydrogen-bond acceptors (Lipinski definition) is 3. The van der Waals surface area contributed by atoms with Gasteiger partial charge in [0.2, 0.25) is 0 Å². The summed E-state index contributed by atoms with van der Waals surface area (Å²) in [7, 11) is 0. The van der Waals surface area contributed by atoms with Gasteiger partial charge >= 0.3 is 5.97 Å². The second-order valence-electron chi connectivity index (χ2n) is 2.74. The minimum Gasteiger partial charge on any atom is -0.462 e. The minimum atomic E-state index is -0.504. The van der Waals surface area contributed by atoms with Gasteiger partial charge in [-0.2, -0.15) is 5.26 Å². The molecule has 0 unspecified atom stereocenters. The molecule has 0 saturated heterocycles. The van der Waals surface area contributed by atoms with Crippen molar-refractivity contribution in [3.8, 4) is 6.07 Å². The number of carbonyl (C=O) groups is 1. The highest BCUT2D eigenvalue weighted by atomic mass is 16.5. The molecular weight excluding hydrogens is 166 g/mol. The van der Waals surface area contributed by atoms with E-state index in [1.807, 2.05) is 13.0 Å². The zero-order chi connectivity index (χ0) is 10.3. The molecule has 0 aromatic rings. The zero-order valence-electron chi connectivity index (χ0n) is 8.39. The van der Waals surface area contributed by atoms with E-state index < -0.39 is 5.97 Å².